The highest BCUT2D eigenvalue weighted by atomic mass is 35.5. The van der Waals surface area contributed by atoms with Crippen molar-refractivity contribution in [3.05, 3.63) is 34.3 Å². The maximum Gasteiger partial charge on any atom is 0.416 e. The molecule has 2 aliphatic rings. The average molecular weight is 437 g/mol. The topological polar surface area (TPSA) is 54.0 Å². The smallest absolute Gasteiger partial charge is 0.367 e. The monoisotopic (exact) mass is 436 g/mol. The van der Waals surface area contributed by atoms with Crippen molar-refractivity contribution < 1.29 is 36.9 Å². The third-order valence-electron chi connectivity index (χ3n) is 4.90. The van der Waals surface area contributed by atoms with E-state index < -0.39 is 42.1 Å². The molecule has 9 heteroatoms. The van der Waals surface area contributed by atoms with Gasteiger partial charge in [0.25, 0.3) is 0 Å². The zero-order valence-electron chi connectivity index (χ0n) is 16.4. The number of alkyl halides is 3. The van der Waals surface area contributed by atoms with Gasteiger partial charge in [0.2, 0.25) is 0 Å². The number of fused-ring (bicyclic) bond motifs is 1. The van der Waals surface area contributed by atoms with Crippen LogP contribution in [0.1, 0.15) is 51.2 Å². The maximum absolute atomic E-state index is 12.8. The van der Waals surface area contributed by atoms with E-state index in [0.29, 0.717) is 12.0 Å². The fourth-order valence-corrected chi connectivity index (χ4v) is 3.68. The maximum atomic E-state index is 12.8. The summed E-state index contributed by atoms with van der Waals surface area (Å²) in [5, 5.41) is -0.0620. The predicted octanol–water partition coefficient (Wildman–Crippen LogP) is 4.88. The second kappa shape index (κ2) is 8.51. The first-order valence-corrected chi connectivity index (χ1v) is 9.90. The Labute approximate surface area is 172 Å². The molecular formula is C20H24ClF3O5. The number of unbranched alkanes of at least 4 members (excludes halogenated alkanes) is 1. The van der Waals surface area contributed by atoms with Crippen LogP contribution in [0.3, 0.4) is 0 Å². The minimum Gasteiger partial charge on any atom is -0.367 e. The van der Waals surface area contributed by atoms with Crippen molar-refractivity contribution in [2.75, 3.05) is 0 Å². The third-order valence-corrected chi connectivity index (χ3v) is 5.25. The van der Waals surface area contributed by atoms with Gasteiger partial charge < -0.3 is 18.9 Å². The normalized spacial score (nSPS) is 28.5. The Hall–Kier alpha value is -1.19. The highest BCUT2D eigenvalue weighted by molar-refractivity contribution is 6.31. The summed E-state index contributed by atoms with van der Waals surface area (Å²) in [6, 6.07) is 3.07. The molecule has 3 rings (SSSR count). The van der Waals surface area contributed by atoms with Gasteiger partial charge >= 0.3 is 6.18 Å². The van der Waals surface area contributed by atoms with E-state index in [-0.39, 0.29) is 17.4 Å². The van der Waals surface area contributed by atoms with Crippen molar-refractivity contribution in [3.63, 3.8) is 0 Å². The fourth-order valence-electron chi connectivity index (χ4n) is 3.44. The number of hydrogen-bond donors (Lipinski definition) is 0. The highest BCUT2D eigenvalue weighted by Crippen LogP contribution is 2.40. The number of carbonyl (C=O) groups excluding carboxylic acids is 1. The summed E-state index contributed by atoms with van der Waals surface area (Å²) in [4.78, 5) is 12.6. The Bertz CT molecular complexity index is 752. The second-order valence-corrected chi connectivity index (χ2v) is 8.08. The molecule has 0 saturated carbocycles. The summed E-state index contributed by atoms with van der Waals surface area (Å²) in [5.41, 5.74) is -0.460. The molecule has 0 radical (unpaired) electrons. The van der Waals surface area contributed by atoms with Crippen LogP contribution < -0.4 is 0 Å². The van der Waals surface area contributed by atoms with E-state index >= 15 is 0 Å². The van der Waals surface area contributed by atoms with Crippen LogP contribution in [0, 0.1) is 0 Å². The van der Waals surface area contributed by atoms with Gasteiger partial charge in [-0.25, -0.2) is 0 Å². The van der Waals surface area contributed by atoms with Crippen molar-refractivity contribution in [2.24, 2.45) is 0 Å². The number of ketones is 1. The molecule has 0 amide bonds. The van der Waals surface area contributed by atoms with Crippen LogP contribution >= 0.6 is 11.6 Å². The molecule has 29 heavy (non-hydrogen) atoms. The molecule has 0 N–H and O–H groups in total. The summed E-state index contributed by atoms with van der Waals surface area (Å²) >= 11 is 6.01. The lowest BCUT2D eigenvalue weighted by molar-refractivity contribution is -0.218. The first-order chi connectivity index (χ1) is 13.5. The highest BCUT2D eigenvalue weighted by Gasteiger charge is 2.57. The number of rotatable bonds is 7. The van der Waals surface area contributed by atoms with Crippen molar-refractivity contribution >= 4 is 17.4 Å². The number of hydrogen-bond acceptors (Lipinski definition) is 5. The van der Waals surface area contributed by atoms with Crippen LogP contribution in [-0.2, 0) is 36.5 Å². The molecule has 162 valence electrons. The number of halogens is 4. The summed E-state index contributed by atoms with van der Waals surface area (Å²) in [7, 11) is 0. The lowest BCUT2D eigenvalue weighted by atomic mass is 10.0. The molecule has 2 saturated heterocycles. The third kappa shape index (κ3) is 5.11. The molecule has 1 aromatic rings. The van der Waals surface area contributed by atoms with Crippen LogP contribution in [0.2, 0.25) is 5.02 Å². The number of carbonyl (C=O) groups is 1. The average Bonchev–Trinajstić information content (AvgIpc) is 3.09. The van der Waals surface area contributed by atoms with Crippen molar-refractivity contribution in [1.29, 1.82) is 0 Å². The zero-order chi connectivity index (χ0) is 21.4. The first-order valence-electron chi connectivity index (χ1n) is 9.53. The molecule has 0 bridgehead atoms. The van der Waals surface area contributed by atoms with E-state index in [4.69, 9.17) is 30.5 Å². The van der Waals surface area contributed by atoms with Gasteiger partial charge in [-0.1, -0.05) is 31.0 Å². The largest absolute Gasteiger partial charge is 0.416 e. The minimum atomic E-state index is -4.48. The van der Waals surface area contributed by atoms with E-state index in [2.05, 4.69) is 0 Å². The van der Waals surface area contributed by atoms with Crippen LogP contribution in [0.4, 0.5) is 13.2 Å². The van der Waals surface area contributed by atoms with Crippen LogP contribution in [0.25, 0.3) is 0 Å². The minimum absolute atomic E-state index is 0.0620. The Morgan fingerprint density at radius 2 is 2.00 bits per heavy atom. The summed E-state index contributed by atoms with van der Waals surface area (Å²) in [5.74, 6) is -1.00. The Morgan fingerprint density at radius 3 is 2.62 bits per heavy atom. The van der Waals surface area contributed by atoms with E-state index in [0.717, 1.165) is 25.0 Å². The first kappa shape index (κ1) is 22.5. The van der Waals surface area contributed by atoms with Crippen molar-refractivity contribution in [2.45, 2.75) is 83.2 Å². The van der Waals surface area contributed by atoms with Gasteiger partial charge in [-0.3, -0.25) is 4.79 Å². The number of Topliss-reactive ketones (excluding diaryl/α,β-unsaturated/α-hetero) is 1. The van der Waals surface area contributed by atoms with Crippen LogP contribution in [0.5, 0.6) is 0 Å². The van der Waals surface area contributed by atoms with E-state index in [1.165, 1.54) is 6.07 Å². The Kier molecular flexibility index (Phi) is 6.60. The van der Waals surface area contributed by atoms with Gasteiger partial charge in [-0.2, -0.15) is 13.2 Å². The van der Waals surface area contributed by atoms with Crippen molar-refractivity contribution in [1.82, 2.24) is 0 Å². The molecule has 0 unspecified atom stereocenters. The van der Waals surface area contributed by atoms with Gasteiger partial charge in [0, 0.05) is 11.4 Å². The molecule has 5 nitrogen and oxygen atoms in total. The molecular weight excluding hydrogens is 413 g/mol. The molecule has 4 atom stereocenters. The van der Waals surface area contributed by atoms with Crippen LogP contribution in [0.15, 0.2) is 18.2 Å². The van der Waals surface area contributed by atoms with Crippen molar-refractivity contribution in [3.8, 4) is 0 Å². The van der Waals surface area contributed by atoms with E-state index in [1.807, 2.05) is 6.92 Å². The quantitative estimate of drug-likeness (QED) is 0.609. The molecule has 2 fully saturated rings. The molecule has 0 aromatic heterocycles. The van der Waals surface area contributed by atoms with E-state index in [9.17, 15) is 18.0 Å². The standard InChI is InChI=1S/C20H24ClF3O5/c1-4-5-6-14(25)15-16(17-18(27-15)29-19(2,3)28-17)26-10-11-7-8-12(9-13(11)21)20(22,23)24/h7-9,15-18H,4-6,10H2,1-3H3/t15-,16+,17-,18-/m1/s1. The lowest BCUT2D eigenvalue weighted by Gasteiger charge is -2.25. The predicted molar refractivity (Wildman–Crippen MR) is 98.3 cm³/mol. The Balaban J connectivity index is 1.74. The van der Waals surface area contributed by atoms with Gasteiger partial charge in [-0.05, 0) is 38.0 Å². The molecule has 2 heterocycles. The molecule has 2 aliphatic heterocycles. The second-order valence-electron chi connectivity index (χ2n) is 7.67. The summed E-state index contributed by atoms with van der Waals surface area (Å²) in [6.45, 7) is 5.35. The Morgan fingerprint density at radius 1 is 1.28 bits per heavy atom. The van der Waals surface area contributed by atoms with Gasteiger partial charge in [0.1, 0.15) is 18.3 Å². The summed E-state index contributed by atoms with van der Waals surface area (Å²) < 4.78 is 61.7. The molecule has 0 aliphatic carbocycles. The van der Waals surface area contributed by atoms with Gasteiger partial charge in [0.15, 0.2) is 17.9 Å². The summed E-state index contributed by atoms with van der Waals surface area (Å²) in [6.07, 6.45) is -5.53. The van der Waals surface area contributed by atoms with Gasteiger partial charge in [0.05, 0.1) is 12.2 Å². The molecule has 1 aromatic carbocycles. The molecule has 0 spiro atoms. The number of ether oxygens (including phenoxy) is 4. The zero-order valence-corrected chi connectivity index (χ0v) is 17.2. The van der Waals surface area contributed by atoms with Crippen LogP contribution in [-0.4, -0.2) is 36.2 Å². The van der Waals surface area contributed by atoms with E-state index in [1.54, 1.807) is 13.8 Å². The SMILES string of the molecule is CCCCC(=O)[C@H]1O[C@@H]2OC(C)(C)O[C@@H]2[C@H]1OCc1ccc(C(F)(F)F)cc1Cl. The van der Waals surface area contributed by atoms with Gasteiger partial charge in [-0.15, -0.1) is 0 Å². The number of benzene rings is 1. The lowest BCUT2D eigenvalue weighted by Crippen LogP contribution is -2.40. The fraction of sp³-hybridized carbons (Fsp3) is 0.650.